The molecule has 28 heavy (non-hydrogen) atoms. The fourth-order valence-electron chi connectivity index (χ4n) is 5.90. The third kappa shape index (κ3) is 5.48. The molecular formula is C24H41N3O. The molecule has 158 valence electrons. The number of hydrazone groups is 1. The van der Waals surface area contributed by atoms with E-state index in [1.807, 2.05) is 6.92 Å². The van der Waals surface area contributed by atoms with Gasteiger partial charge in [-0.1, -0.05) is 50.5 Å². The second kappa shape index (κ2) is 9.28. The van der Waals surface area contributed by atoms with Crippen LogP contribution < -0.4 is 11.2 Å². The molecule has 2 amide bonds. The molecule has 0 aromatic carbocycles. The number of nitrogens with zero attached hydrogens (tertiary/aromatic N) is 1. The number of hydrogen-bond donors (Lipinski definition) is 2. The van der Waals surface area contributed by atoms with Crippen molar-refractivity contribution < 1.29 is 4.79 Å². The predicted molar refractivity (Wildman–Crippen MR) is 119 cm³/mol. The van der Waals surface area contributed by atoms with Crippen LogP contribution in [0.2, 0.25) is 0 Å². The Morgan fingerprint density at radius 2 is 2.00 bits per heavy atom. The smallest absolute Gasteiger partial charge is 0.332 e. The van der Waals surface area contributed by atoms with Crippen molar-refractivity contribution in [3.63, 3.8) is 0 Å². The lowest BCUT2D eigenvalue weighted by molar-refractivity contribution is -0.0390. The Kier molecular flexibility index (Phi) is 7.52. The van der Waals surface area contributed by atoms with Gasteiger partial charge in [-0.3, -0.25) is 0 Å². The molecule has 0 radical (unpaired) electrons. The van der Waals surface area contributed by atoms with E-state index in [2.05, 4.69) is 57.3 Å². The number of fused-ring (bicyclic) bond motifs is 1. The van der Waals surface area contributed by atoms with Gasteiger partial charge in [0.15, 0.2) is 0 Å². The first kappa shape index (κ1) is 22.7. The number of urea groups is 1. The number of nitrogens with two attached hydrogens (primary N) is 1. The van der Waals surface area contributed by atoms with Crippen molar-refractivity contribution in [1.82, 2.24) is 5.43 Å². The van der Waals surface area contributed by atoms with Crippen LogP contribution in [0, 0.1) is 22.7 Å². The van der Waals surface area contributed by atoms with E-state index >= 15 is 0 Å². The maximum Gasteiger partial charge on any atom is 0.332 e. The van der Waals surface area contributed by atoms with Crippen molar-refractivity contribution in [1.29, 1.82) is 0 Å². The second-order valence-corrected chi connectivity index (χ2v) is 10.1. The molecule has 0 aliphatic heterocycles. The first-order valence-corrected chi connectivity index (χ1v) is 11.0. The lowest BCUT2D eigenvalue weighted by Gasteiger charge is -2.57. The Labute approximate surface area is 172 Å². The lowest BCUT2D eigenvalue weighted by atomic mass is 9.48. The molecule has 2 rings (SSSR count). The second-order valence-electron chi connectivity index (χ2n) is 10.1. The number of primary amides is 1. The summed E-state index contributed by atoms with van der Waals surface area (Å²) in [6, 6.07) is -0.611. The normalized spacial score (nSPS) is 30.4. The Morgan fingerprint density at radius 1 is 1.29 bits per heavy atom. The van der Waals surface area contributed by atoms with Crippen LogP contribution in [0.3, 0.4) is 0 Å². The Hall–Kier alpha value is -1.58. The van der Waals surface area contributed by atoms with Gasteiger partial charge in [0.25, 0.3) is 0 Å². The van der Waals surface area contributed by atoms with Crippen LogP contribution in [0.15, 0.2) is 28.4 Å². The van der Waals surface area contributed by atoms with E-state index < -0.39 is 6.03 Å². The van der Waals surface area contributed by atoms with Crippen LogP contribution in [-0.4, -0.2) is 11.7 Å². The van der Waals surface area contributed by atoms with Crippen LogP contribution >= 0.6 is 0 Å². The summed E-state index contributed by atoms with van der Waals surface area (Å²) in [5.41, 5.74) is 12.2. The summed E-state index contributed by atoms with van der Waals surface area (Å²) in [5.74, 6) is 1.51. The van der Waals surface area contributed by atoms with Crippen LogP contribution in [0.25, 0.3) is 0 Å². The van der Waals surface area contributed by atoms with Crippen LogP contribution in [0.5, 0.6) is 0 Å². The monoisotopic (exact) mass is 387 g/mol. The SMILES string of the molecule is CC1=CC[C@@H]2C(C)(C)CCC[C@]2(C)[C@@H]1CC/C(C)=C/CC/C(C)=N\NC(N)=O. The Bertz CT molecular complexity index is 659. The van der Waals surface area contributed by atoms with Crippen molar-refractivity contribution >= 4 is 11.7 Å². The van der Waals surface area contributed by atoms with Crippen molar-refractivity contribution in [2.45, 2.75) is 92.9 Å². The molecule has 1 saturated carbocycles. The standard InChI is InChI=1S/C24H41N3O/c1-17(9-7-10-19(3)26-27-22(25)28)11-13-20-18(2)12-14-21-23(4,5)15-8-16-24(20,21)6/h9,12,20-21H,7-8,10-11,13-16H2,1-6H3,(H3,25,27,28)/b17-9+,26-19-/t20-,21-,24-/m1/s1. The molecule has 2 aliphatic rings. The highest BCUT2D eigenvalue weighted by atomic mass is 16.2. The van der Waals surface area contributed by atoms with E-state index in [0.29, 0.717) is 16.7 Å². The molecular weight excluding hydrogens is 346 g/mol. The quantitative estimate of drug-likeness (QED) is 0.299. The summed E-state index contributed by atoms with van der Waals surface area (Å²) in [6.07, 6.45) is 14.5. The fraction of sp³-hybridized carbons (Fsp3) is 0.750. The van der Waals surface area contributed by atoms with Gasteiger partial charge < -0.3 is 5.73 Å². The number of hydrogen-bond acceptors (Lipinski definition) is 2. The van der Waals surface area contributed by atoms with Gasteiger partial charge in [-0.05, 0) is 88.4 Å². The average molecular weight is 388 g/mol. The van der Waals surface area contributed by atoms with Gasteiger partial charge in [0.1, 0.15) is 0 Å². The number of carbonyl (C=O) groups is 1. The minimum atomic E-state index is -0.611. The van der Waals surface area contributed by atoms with Gasteiger partial charge in [0.05, 0.1) is 0 Å². The van der Waals surface area contributed by atoms with Gasteiger partial charge in [-0.15, -0.1) is 0 Å². The average Bonchev–Trinajstić information content (AvgIpc) is 2.58. The first-order valence-electron chi connectivity index (χ1n) is 11.0. The summed E-state index contributed by atoms with van der Waals surface area (Å²) in [5, 5.41) is 3.97. The zero-order chi connectivity index (χ0) is 20.9. The molecule has 1 fully saturated rings. The van der Waals surface area contributed by atoms with Gasteiger partial charge in [0.2, 0.25) is 0 Å². The van der Waals surface area contributed by atoms with Gasteiger partial charge in [0, 0.05) is 5.71 Å². The van der Waals surface area contributed by atoms with Crippen LogP contribution in [0.1, 0.15) is 92.9 Å². The van der Waals surface area contributed by atoms with Gasteiger partial charge >= 0.3 is 6.03 Å². The maximum atomic E-state index is 10.7. The molecule has 0 aromatic heterocycles. The van der Waals surface area contributed by atoms with Crippen molar-refractivity contribution in [3.05, 3.63) is 23.3 Å². The van der Waals surface area contributed by atoms with E-state index in [-0.39, 0.29) is 0 Å². The van der Waals surface area contributed by atoms with Crippen molar-refractivity contribution in [2.24, 2.45) is 33.5 Å². The third-order valence-electron chi connectivity index (χ3n) is 7.48. The summed E-state index contributed by atoms with van der Waals surface area (Å²) in [4.78, 5) is 10.7. The molecule has 4 heteroatoms. The van der Waals surface area contributed by atoms with E-state index in [0.717, 1.165) is 30.9 Å². The zero-order valence-corrected chi connectivity index (χ0v) is 18.9. The van der Waals surface area contributed by atoms with Crippen LogP contribution in [-0.2, 0) is 0 Å². The molecule has 0 unspecified atom stereocenters. The first-order chi connectivity index (χ1) is 13.1. The Balaban J connectivity index is 1.95. The molecule has 2 aliphatic carbocycles. The number of amides is 2. The Morgan fingerprint density at radius 3 is 2.68 bits per heavy atom. The number of nitrogens with one attached hydrogen (secondary N) is 1. The van der Waals surface area contributed by atoms with E-state index in [9.17, 15) is 4.79 Å². The number of carbonyl (C=O) groups excluding carboxylic acids is 1. The number of rotatable bonds is 7. The summed E-state index contributed by atoms with van der Waals surface area (Å²) in [6.45, 7) is 14.1. The third-order valence-corrected chi connectivity index (χ3v) is 7.48. The summed E-state index contributed by atoms with van der Waals surface area (Å²) >= 11 is 0. The lowest BCUT2D eigenvalue weighted by Crippen LogP contribution is -2.48. The molecule has 0 heterocycles. The van der Waals surface area contributed by atoms with Crippen molar-refractivity contribution in [3.8, 4) is 0 Å². The minimum absolute atomic E-state index is 0.449. The highest BCUT2D eigenvalue weighted by Gasteiger charge is 2.51. The maximum absolute atomic E-state index is 10.7. The van der Waals surface area contributed by atoms with Gasteiger partial charge in [-0.2, -0.15) is 5.10 Å². The largest absolute Gasteiger partial charge is 0.350 e. The minimum Gasteiger partial charge on any atom is -0.350 e. The molecule has 4 nitrogen and oxygen atoms in total. The summed E-state index contributed by atoms with van der Waals surface area (Å²) in [7, 11) is 0. The fourth-order valence-corrected chi connectivity index (χ4v) is 5.90. The van der Waals surface area contributed by atoms with E-state index in [4.69, 9.17) is 5.73 Å². The topological polar surface area (TPSA) is 67.5 Å². The molecule has 0 aromatic rings. The van der Waals surface area contributed by atoms with E-state index in [1.165, 1.54) is 37.7 Å². The molecule has 0 spiro atoms. The zero-order valence-electron chi connectivity index (χ0n) is 18.9. The summed E-state index contributed by atoms with van der Waals surface area (Å²) < 4.78 is 0. The highest BCUT2D eigenvalue weighted by molar-refractivity contribution is 5.83. The molecule has 3 atom stereocenters. The van der Waals surface area contributed by atoms with E-state index in [1.54, 1.807) is 5.57 Å². The van der Waals surface area contributed by atoms with Gasteiger partial charge in [-0.25, -0.2) is 10.2 Å². The molecule has 0 saturated heterocycles. The van der Waals surface area contributed by atoms with Crippen molar-refractivity contribution in [2.75, 3.05) is 0 Å². The molecule has 3 N–H and O–H groups in total. The predicted octanol–water partition coefficient (Wildman–Crippen LogP) is 6.34. The molecule has 0 bridgehead atoms. The highest BCUT2D eigenvalue weighted by Crippen LogP contribution is 2.60. The van der Waals surface area contributed by atoms with Crippen LogP contribution in [0.4, 0.5) is 4.79 Å². The number of allylic oxidation sites excluding steroid dienone is 4.